The number of thiophene rings is 1. The summed E-state index contributed by atoms with van der Waals surface area (Å²) in [6, 6.07) is 11.8. The van der Waals surface area contributed by atoms with E-state index in [1.807, 2.05) is 36.4 Å². The Morgan fingerprint density at radius 1 is 1.07 bits per heavy atom. The zero-order chi connectivity index (χ0) is 20.0. The number of amides is 1. The third kappa shape index (κ3) is 3.39. The van der Waals surface area contributed by atoms with Gasteiger partial charge in [-0.25, -0.2) is 4.79 Å². The first kappa shape index (κ1) is 18.9. The van der Waals surface area contributed by atoms with E-state index in [4.69, 9.17) is 4.74 Å². The Morgan fingerprint density at radius 3 is 2.28 bits per heavy atom. The van der Waals surface area contributed by atoms with Gasteiger partial charge in [0.2, 0.25) is 5.91 Å². The number of carbonyl (C=O) groups excluding carboxylic acids is 2. The van der Waals surface area contributed by atoms with Crippen LogP contribution in [-0.2, 0) is 9.53 Å². The van der Waals surface area contributed by atoms with Crippen molar-refractivity contribution in [3.8, 4) is 10.4 Å². The third-order valence-corrected chi connectivity index (χ3v) is 8.13. The predicted octanol–water partition coefficient (Wildman–Crippen LogP) is 5.75. The number of anilines is 1. The van der Waals surface area contributed by atoms with Gasteiger partial charge >= 0.3 is 5.97 Å². The number of hydrogen-bond donors (Lipinski definition) is 1. The Bertz CT molecular complexity index is 898. The summed E-state index contributed by atoms with van der Waals surface area (Å²) in [4.78, 5) is 27.0. The minimum absolute atomic E-state index is 0.114. The predicted molar refractivity (Wildman–Crippen MR) is 115 cm³/mol. The Balaban J connectivity index is 1.45. The number of benzene rings is 1. The molecule has 29 heavy (non-hydrogen) atoms. The van der Waals surface area contributed by atoms with Crippen LogP contribution < -0.4 is 5.32 Å². The first-order valence-electron chi connectivity index (χ1n) is 10.7. The maximum atomic E-state index is 13.5. The standard InChI is InChI=1S/C24H27NO3S/c1-2-28-22(26)19-11-20(18-6-4-3-5-7-18)29-21(19)25-23(27)24-12-15-8-16(13-24)10-17(9-15)14-24/h3-7,11,15-17H,2,8-10,12-14H2,1H3,(H,25,27). The van der Waals surface area contributed by atoms with Gasteiger partial charge in [-0.2, -0.15) is 0 Å². The van der Waals surface area contributed by atoms with Gasteiger partial charge in [0.05, 0.1) is 17.6 Å². The molecule has 4 nitrogen and oxygen atoms in total. The van der Waals surface area contributed by atoms with Gasteiger partial charge in [0, 0.05) is 4.88 Å². The van der Waals surface area contributed by atoms with Crippen molar-refractivity contribution in [2.24, 2.45) is 23.2 Å². The van der Waals surface area contributed by atoms with Crippen LogP contribution in [0.4, 0.5) is 5.00 Å². The highest BCUT2D eigenvalue weighted by molar-refractivity contribution is 7.20. The molecule has 0 aliphatic heterocycles. The summed E-state index contributed by atoms with van der Waals surface area (Å²) in [5, 5.41) is 3.80. The minimum atomic E-state index is -0.369. The molecular formula is C24H27NO3S. The highest BCUT2D eigenvalue weighted by Crippen LogP contribution is 2.60. The van der Waals surface area contributed by atoms with Gasteiger partial charge in [-0.1, -0.05) is 30.3 Å². The molecule has 6 rings (SSSR count). The van der Waals surface area contributed by atoms with Gasteiger partial charge in [0.15, 0.2) is 0 Å². The maximum absolute atomic E-state index is 13.5. The molecular weight excluding hydrogens is 382 g/mol. The molecule has 152 valence electrons. The van der Waals surface area contributed by atoms with E-state index in [1.165, 1.54) is 30.6 Å². The van der Waals surface area contributed by atoms with Crippen molar-refractivity contribution in [2.75, 3.05) is 11.9 Å². The average Bonchev–Trinajstić information content (AvgIpc) is 3.12. The lowest BCUT2D eigenvalue weighted by Crippen LogP contribution is -2.51. The first-order chi connectivity index (χ1) is 14.1. The van der Waals surface area contributed by atoms with Gasteiger partial charge in [0.25, 0.3) is 0 Å². The van der Waals surface area contributed by atoms with Crippen molar-refractivity contribution in [3.05, 3.63) is 42.0 Å². The molecule has 4 bridgehead atoms. The van der Waals surface area contributed by atoms with E-state index in [2.05, 4.69) is 5.32 Å². The quantitative estimate of drug-likeness (QED) is 0.640. The van der Waals surface area contributed by atoms with Crippen molar-refractivity contribution in [3.63, 3.8) is 0 Å². The van der Waals surface area contributed by atoms with Crippen LogP contribution in [-0.4, -0.2) is 18.5 Å². The minimum Gasteiger partial charge on any atom is -0.462 e. The van der Waals surface area contributed by atoms with Crippen LogP contribution in [0.25, 0.3) is 10.4 Å². The number of hydrogen-bond acceptors (Lipinski definition) is 4. The second kappa shape index (κ2) is 7.28. The zero-order valence-electron chi connectivity index (χ0n) is 16.8. The maximum Gasteiger partial charge on any atom is 0.341 e. The Labute approximate surface area is 175 Å². The van der Waals surface area contributed by atoms with E-state index in [-0.39, 0.29) is 17.3 Å². The smallest absolute Gasteiger partial charge is 0.341 e. The highest BCUT2D eigenvalue weighted by Gasteiger charge is 2.54. The molecule has 1 heterocycles. The fraction of sp³-hybridized carbons (Fsp3) is 0.500. The lowest BCUT2D eigenvalue weighted by molar-refractivity contribution is -0.140. The second-order valence-electron chi connectivity index (χ2n) is 9.09. The average molecular weight is 410 g/mol. The number of rotatable bonds is 5. The van der Waals surface area contributed by atoms with Crippen molar-refractivity contribution < 1.29 is 14.3 Å². The third-order valence-electron chi connectivity index (χ3n) is 7.03. The van der Waals surface area contributed by atoms with E-state index in [0.29, 0.717) is 34.9 Å². The summed E-state index contributed by atoms with van der Waals surface area (Å²) >= 11 is 1.47. The summed E-state index contributed by atoms with van der Waals surface area (Å²) in [6.07, 6.45) is 6.94. The lowest BCUT2D eigenvalue weighted by atomic mass is 9.49. The van der Waals surface area contributed by atoms with Crippen molar-refractivity contribution in [1.82, 2.24) is 0 Å². The van der Waals surface area contributed by atoms with Crippen molar-refractivity contribution in [2.45, 2.75) is 45.4 Å². The molecule has 0 radical (unpaired) electrons. The zero-order valence-corrected chi connectivity index (χ0v) is 17.6. The van der Waals surface area contributed by atoms with Crippen LogP contribution in [0.2, 0.25) is 0 Å². The van der Waals surface area contributed by atoms with Gasteiger partial charge in [-0.3, -0.25) is 4.79 Å². The molecule has 4 fully saturated rings. The van der Waals surface area contributed by atoms with Crippen molar-refractivity contribution >= 4 is 28.2 Å². The van der Waals surface area contributed by atoms with Crippen molar-refractivity contribution in [1.29, 1.82) is 0 Å². The molecule has 0 saturated heterocycles. The summed E-state index contributed by atoms with van der Waals surface area (Å²) < 4.78 is 5.27. The molecule has 1 amide bonds. The largest absolute Gasteiger partial charge is 0.462 e. The summed E-state index contributed by atoms with van der Waals surface area (Å²) in [5.74, 6) is 1.87. The SMILES string of the molecule is CCOC(=O)c1cc(-c2ccccc2)sc1NC(=O)C12CC3CC(CC(C3)C1)C2. The fourth-order valence-electron chi connectivity index (χ4n) is 6.21. The number of esters is 1. The Hall–Kier alpha value is -2.14. The van der Waals surface area contributed by atoms with E-state index in [9.17, 15) is 9.59 Å². The van der Waals surface area contributed by atoms with Crippen LogP contribution in [0.15, 0.2) is 36.4 Å². The molecule has 1 aromatic carbocycles. The molecule has 4 saturated carbocycles. The second-order valence-corrected chi connectivity index (χ2v) is 10.1. The Kier molecular flexibility index (Phi) is 4.73. The van der Waals surface area contributed by atoms with Gasteiger partial charge in [0.1, 0.15) is 5.00 Å². The van der Waals surface area contributed by atoms with Crippen LogP contribution in [0.1, 0.15) is 55.8 Å². The number of ether oxygens (including phenoxy) is 1. The molecule has 0 unspecified atom stereocenters. The van der Waals surface area contributed by atoms with E-state index >= 15 is 0 Å². The van der Waals surface area contributed by atoms with Crippen LogP contribution in [0.5, 0.6) is 0 Å². The summed E-state index contributed by atoms with van der Waals surface area (Å²) in [7, 11) is 0. The normalized spacial score (nSPS) is 29.6. The van der Waals surface area contributed by atoms with Gasteiger partial charge in [-0.05, 0) is 74.8 Å². The number of carbonyl (C=O) groups is 2. The summed E-state index contributed by atoms with van der Waals surface area (Å²) in [5.41, 5.74) is 1.27. The van der Waals surface area contributed by atoms with Crippen LogP contribution in [0, 0.1) is 23.2 Å². The van der Waals surface area contributed by atoms with E-state index in [0.717, 1.165) is 29.7 Å². The molecule has 1 aromatic heterocycles. The van der Waals surface area contributed by atoms with E-state index in [1.54, 1.807) is 6.92 Å². The highest BCUT2D eigenvalue weighted by atomic mass is 32.1. The molecule has 4 aliphatic carbocycles. The number of nitrogens with one attached hydrogen (secondary N) is 1. The van der Waals surface area contributed by atoms with Crippen LogP contribution >= 0.6 is 11.3 Å². The van der Waals surface area contributed by atoms with Gasteiger partial charge < -0.3 is 10.1 Å². The molecule has 0 atom stereocenters. The van der Waals surface area contributed by atoms with E-state index < -0.39 is 0 Å². The Morgan fingerprint density at radius 2 is 1.69 bits per heavy atom. The lowest BCUT2D eigenvalue weighted by Gasteiger charge is -2.55. The summed E-state index contributed by atoms with van der Waals surface area (Å²) in [6.45, 7) is 2.12. The molecule has 2 aromatic rings. The van der Waals surface area contributed by atoms with Crippen LogP contribution in [0.3, 0.4) is 0 Å². The fourth-order valence-corrected chi connectivity index (χ4v) is 7.26. The monoisotopic (exact) mass is 409 g/mol. The molecule has 1 N–H and O–H groups in total. The van der Waals surface area contributed by atoms with Gasteiger partial charge in [-0.15, -0.1) is 11.3 Å². The molecule has 5 heteroatoms. The topological polar surface area (TPSA) is 55.4 Å². The first-order valence-corrected chi connectivity index (χ1v) is 11.6. The molecule has 4 aliphatic rings. The molecule has 0 spiro atoms.